The van der Waals surface area contributed by atoms with Crippen LogP contribution in [0.1, 0.15) is 25.0 Å². The fourth-order valence-electron chi connectivity index (χ4n) is 9.68. The van der Waals surface area contributed by atoms with Crippen LogP contribution in [0.5, 0.6) is 0 Å². The van der Waals surface area contributed by atoms with Crippen LogP contribution < -0.4 is 0 Å². The third-order valence-corrected chi connectivity index (χ3v) is 12.0. The van der Waals surface area contributed by atoms with Gasteiger partial charge in [-0.1, -0.05) is 178 Å². The smallest absolute Gasteiger partial charge is 0.0165 e. The maximum atomic E-state index is 2.49. The maximum absolute atomic E-state index is 2.49. The molecule has 0 aromatic heterocycles. The largest absolute Gasteiger partial charge is 0.0622 e. The Hall–Kier alpha value is -6.50. The molecule has 0 nitrogen and oxygen atoms in total. The molecule has 0 N–H and O–H groups in total. The lowest BCUT2D eigenvalue weighted by molar-refractivity contribution is 0.667. The predicted octanol–water partition coefficient (Wildman–Crippen LogP) is 14.8. The van der Waals surface area contributed by atoms with Crippen molar-refractivity contribution in [3.63, 3.8) is 0 Å². The average Bonchev–Trinajstić information content (AvgIpc) is 3.46. The van der Waals surface area contributed by atoms with E-state index in [2.05, 4.69) is 196 Å². The van der Waals surface area contributed by atoms with E-state index in [1.807, 2.05) is 0 Å². The van der Waals surface area contributed by atoms with Crippen LogP contribution in [0.15, 0.2) is 182 Å². The molecule has 0 heteroatoms. The Kier molecular flexibility index (Phi) is 6.40. The predicted molar refractivity (Wildman–Crippen MR) is 228 cm³/mol. The molecule has 10 aromatic carbocycles. The molecular weight excluding hydrogens is 637 g/mol. The molecule has 0 saturated carbocycles. The highest BCUT2D eigenvalue weighted by Crippen LogP contribution is 2.55. The Labute approximate surface area is 309 Å². The summed E-state index contributed by atoms with van der Waals surface area (Å²) in [5.41, 5.74) is 13.0. The third kappa shape index (κ3) is 4.30. The summed E-state index contributed by atoms with van der Waals surface area (Å²) in [6.45, 7) is 4.84. The molecule has 53 heavy (non-hydrogen) atoms. The first kappa shape index (κ1) is 30.2. The highest BCUT2D eigenvalue weighted by molar-refractivity contribution is 6.24. The molecule has 1 aliphatic rings. The molecule has 0 atom stereocenters. The molecule has 0 heterocycles. The molecule has 0 aliphatic heterocycles. The SMILES string of the molecule is CC1(C)c2cc(-c3cc(-c4c5ccccc5c(-c5ccccc5)c5ccccc45)c4ccccc4c3)ccc2-c2c1c1ccccc1c1ccccc21. The topological polar surface area (TPSA) is 0 Å². The zero-order chi connectivity index (χ0) is 35.3. The van der Waals surface area contributed by atoms with Gasteiger partial charge in [0, 0.05) is 5.41 Å². The number of hydrogen-bond acceptors (Lipinski definition) is 0. The summed E-state index contributed by atoms with van der Waals surface area (Å²) in [5.74, 6) is 0. The zero-order valence-corrected chi connectivity index (χ0v) is 29.8. The Morgan fingerprint density at radius 1 is 0.302 bits per heavy atom. The van der Waals surface area contributed by atoms with Crippen molar-refractivity contribution in [1.82, 2.24) is 0 Å². The minimum absolute atomic E-state index is 0.163. The number of hydrogen-bond donors (Lipinski definition) is 0. The van der Waals surface area contributed by atoms with Crippen LogP contribution in [0.25, 0.3) is 98.4 Å². The molecular formula is C53H36. The van der Waals surface area contributed by atoms with Crippen molar-refractivity contribution in [2.75, 3.05) is 0 Å². The first-order valence-corrected chi connectivity index (χ1v) is 18.7. The molecule has 0 unspecified atom stereocenters. The second-order valence-corrected chi connectivity index (χ2v) is 15.2. The van der Waals surface area contributed by atoms with Gasteiger partial charge in [0.05, 0.1) is 0 Å². The highest BCUT2D eigenvalue weighted by atomic mass is 14.4. The van der Waals surface area contributed by atoms with E-state index < -0.39 is 0 Å². The fourth-order valence-corrected chi connectivity index (χ4v) is 9.68. The maximum Gasteiger partial charge on any atom is 0.0165 e. The van der Waals surface area contributed by atoms with E-state index in [1.165, 1.54) is 109 Å². The van der Waals surface area contributed by atoms with Crippen LogP contribution in [-0.2, 0) is 5.41 Å². The van der Waals surface area contributed by atoms with Gasteiger partial charge in [-0.3, -0.25) is 0 Å². The van der Waals surface area contributed by atoms with Crippen molar-refractivity contribution in [3.8, 4) is 44.5 Å². The Morgan fingerprint density at radius 3 is 1.43 bits per heavy atom. The summed E-state index contributed by atoms with van der Waals surface area (Å²) in [6.07, 6.45) is 0. The third-order valence-electron chi connectivity index (χ3n) is 12.0. The van der Waals surface area contributed by atoms with E-state index in [0.717, 1.165) is 0 Å². The minimum atomic E-state index is -0.163. The molecule has 0 fully saturated rings. The molecule has 248 valence electrons. The number of rotatable bonds is 3. The van der Waals surface area contributed by atoms with E-state index in [1.54, 1.807) is 0 Å². The quantitative estimate of drug-likeness (QED) is 0.129. The van der Waals surface area contributed by atoms with Gasteiger partial charge in [-0.05, 0) is 128 Å². The molecule has 0 spiro atoms. The van der Waals surface area contributed by atoms with E-state index in [9.17, 15) is 0 Å². The van der Waals surface area contributed by atoms with Crippen LogP contribution in [0, 0.1) is 0 Å². The number of benzene rings is 10. The lowest BCUT2D eigenvalue weighted by atomic mass is 9.78. The molecule has 11 rings (SSSR count). The Morgan fingerprint density at radius 2 is 0.792 bits per heavy atom. The zero-order valence-electron chi connectivity index (χ0n) is 29.8. The average molecular weight is 673 g/mol. The van der Waals surface area contributed by atoms with E-state index >= 15 is 0 Å². The molecule has 10 aromatic rings. The van der Waals surface area contributed by atoms with Crippen LogP contribution in [-0.4, -0.2) is 0 Å². The highest BCUT2D eigenvalue weighted by Gasteiger charge is 2.38. The lowest BCUT2D eigenvalue weighted by Crippen LogP contribution is -2.15. The Balaban J connectivity index is 1.18. The van der Waals surface area contributed by atoms with Gasteiger partial charge >= 0.3 is 0 Å². The van der Waals surface area contributed by atoms with Gasteiger partial charge in [0.1, 0.15) is 0 Å². The summed E-state index contributed by atoms with van der Waals surface area (Å²) < 4.78 is 0. The van der Waals surface area contributed by atoms with Crippen molar-refractivity contribution in [2.24, 2.45) is 0 Å². The fraction of sp³-hybridized carbons (Fsp3) is 0.0566. The standard InChI is InChI=1S/C53H36/c1-53(2)48-32-34(28-29-46(48)51-40-22-10-8-20-38(40)39-21-9-15-27-45(39)52(51)53)36-30-35-18-6-7-19-37(35)47(31-36)50-43-25-13-11-23-41(43)49(33-16-4-3-5-17-33)42-24-12-14-26-44(42)50/h3-32H,1-2H3. The van der Waals surface area contributed by atoms with Crippen molar-refractivity contribution in [3.05, 3.63) is 193 Å². The van der Waals surface area contributed by atoms with Gasteiger partial charge in [0.15, 0.2) is 0 Å². The van der Waals surface area contributed by atoms with Gasteiger partial charge in [-0.15, -0.1) is 0 Å². The van der Waals surface area contributed by atoms with Crippen LogP contribution >= 0.6 is 0 Å². The lowest BCUT2D eigenvalue weighted by Gasteiger charge is -2.24. The molecule has 0 bridgehead atoms. The molecule has 0 saturated heterocycles. The molecule has 0 amide bonds. The second-order valence-electron chi connectivity index (χ2n) is 15.2. The van der Waals surface area contributed by atoms with Gasteiger partial charge in [-0.2, -0.15) is 0 Å². The summed E-state index contributed by atoms with van der Waals surface area (Å²) >= 11 is 0. The Bertz CT molecular complexity index is 3070. The van der Waals surface area contributed by atoms with Gasteiger partial charge in [0.2, 0.25) is 0 Å². The summed E-state index contributed by atoms with van der Waals surface area (Å²) in [4.78, 5) is 0. The van der Waals surface area contributed by atoms with E-state index in [0.29, 0.717) is 0 Å². The minimum Gasteiger partial charge on any atom is -0.0622 e. The van der Waals surface area contributed by atoms with Gasteiger partial charge in [-0.25, -0.2) is 0 Å². The first-order valence-electron chi connectivity index (χ1n) is 18.7. The van der Waals surface area contributed by atoms with Crippen LogP contribution in [0.3, 0.4) is 0 Å². The first-order chi connectivity index (χ1) is 26.1. The van der Waals surface area contributed by atoms with E-state index in [4.69, 9.17) is 0 Å². The normalized spacial score (nSPS) is 13.2. The van der Waals surface area contributed by atoms with Gasteiger partial charge < -0.3 is 0 Å². The monoisotopic (exact) mass is 672 g/mol. The molecule has 0 radical (unpaired) electrons. The van der Waals surface area contributed by atoms with Crippen molar-refractivity contribution < 1.29 is 0 Å². The van der Waals surface area contributed by atoms with E-state index in [-0.39, 0.29) is 5.41 Å². The van der Waals surface area contributed by atoms with Crippen molar-refractivity contribution >= 4 is 53.9 Å². The summed E-state index contributed by atoms with van der Waals surface area (Å²) in [5, 5.41) is 13.0. The second kappa shape index (κ2) is 11.2. The molecule has 1 aliphatic carbocycles. The van der Waals surface area contributed by atoms with Crippen LogP contribution in [0.4, 0.5) is 0 Å². The van der Waals surface area contributed by atoms with Crippen LogP contribution in [0.2, 0.25) is 0 Å². The summed E-state index contributed by atoms with van der Waals surface area (Å²) in [7, 11) is 0. The van der Waals surface area contributed by atoms with Gasteiger partial charge in [0.25, 0.3) is 0 Å². The van der Waals surface area contributed by atoms with Crippen molar-refractivity contribution in [1.29, 1.82) is 0 Å². The number of fused-ring (bicyclic) bond motifs is 11. The van der Waals surface area contributed by atoms with Crippen molar-refractivity contribution in [2.45, 2.75) is 19.3 Å². The summed E-state index contributed by atoms with van der Waals surface area (Å²) in [6, 6.07) is 67.8.